The molecular weight excluding hydrogens is 176 g/mol. The lowest BCUT2D eigenvalue weighted by Crippen LogP contribution is -2.19. The van der Waals surface area contributed by atoms with Crippen LogP contribution in [0.3, 0.4) is 0 Å². The lowest BCUT2D eigenvalue weighted by molar-refractivity contribution is 0.239. The zero-order chi connectivity index (χ0) is 10.6. The van der Waals surface area contributed by atoms with Crippen molar-refractivity contribution < 1.29 is 4.74 Å². The SMILES string of the molecule is CC(C)Oc1ccncc1C[C@@H](C)N. The Labute approximate surface area is 85.3 Å². The molecule has 3 heteroatoms. The monoisotopic (exact) mass is 194 g/mol. The van der Waals surface area contributed by atoms with Gasteiger partial charge in [-0.25, -0.2) is 0 Å². The maximum Gasteiger partial charge on any atom is 0.126 e. The van der Waals surface area contributed by atoms with Gasteiger partial charge in [-0.05, 0) is 33.3 Å². The van der Waals surface area contributed by atoms with E-state index in [0.717, 1.165) is 17.7 Å². The summed E-state index contributed by atoms with van der Waals surface area (Å²) in [5, 5.41) is 0. The van der Waals surface area contributed by atoms with Gasteiger partial charge in [0.25, 0.3) is 0 Å². The molecule has 0 saturated carbocycles. The number of ether oxygens (including phenoxy) is 1. The van der Waals surface area contributed by atoms with Crippen molar-refractivity contribution in [3.8, 4) is 5.75 Å². The minimum atomic E-state index is 0.133. The summed E-state index contributed by atoms with van der Waals surface area (Å²) in [6, 6.07) is 2.02. The van der Waals surface area contributed by atoms with Gasteiger partial charge in [-0.15, -0.1) is 0 Å². The zero-order valence-corrected chi connectivity index (χ0v) is 9.03. The van der Waals surface area contributed by atoms with E-state index >= 15 is 0 Å². The molecule has 1 aromatic rings. The van der Waals surface area contributed by atoms with Crippen molar-refractivity contribution in [3.05, 3.63) is 24.0 Å². The van der Waals surface area contributed by atoms with Gasteiger partial charge in [0, 0.05) is 24.0 Å². The van der Waals surface area contributed by atoms with E-state index in [0.29, 0.717) is 0 Å². The second-order valence-corrected chi connectivity index (χ2v) is 3.83. The minimum Gasteiger partial charge on any atom is -0.491 e. The third-order valence-electron chi connectivity index (χ3n) is 1.76. The van der Waals surface area contributed by atoms with E-state index in [9.17, 15) is 0 Å². The van der Waals surface area contributed by atoms with E-state index in [2.05, 4.69) is 4.98 Å². The number of rotatable bonds is 4. The highest BCUT2D eigenvalue weighted by Crippen LogP contribution is 2.19. The number of hydrogen-bond donors (Lipinski definition) is 1. The van der Waals surface area contributed by atoms with Crippen molar-refractivity contribution in [2.45, 2.75) is 39.3 Å². The molecule has 1 aromatic heterocycles. The molecule has 14 heavy (non-hydrogen) atoms. The molecule has 0 aliphatic rings. The first kappa shape index (κ1) is 11.0. The summed E-state index contributed by atoms with van der Waals surface area (Å²) in [5.74, 6) is 0.896. The van der Waals surface area contributed by atoms with Crippen LogP contribution in [0.5, 0.6) is 5.75 Å². The summed E-state index contributed by atoms with van der Waals surface area (Å²) < 4.78 is 5.65. The van der Waals surface area contributed by atoms with Gasteiger partial charge in [0.1, 0.15) is 5.75 Å². The van der Waals surface area contributed by atoms with Crippen LogP contribution in [0.25, 0.3) is 0 Å². The maximum absolute atomic E-state index is 5.74. The lowest BCUT2D eigenvalue weighted by atomic mass is 10.1. The summed E-state index contributed by atoms with van der Waals surface area (Å²) in [6.45, 7) is 6.00. The van der Waals surface area contributed by atoms with Gasteiger partial charge < -0.3 is 10.5 Å². The molecule has 0 aromatic carbocycles. The molecule has 0 unspecified atom stereocenters. The minimum absolute atomic E-state index is 0.133. The standard InChI is InChI=1S/C11H18N2O/c1-8(2)14-11-4-5-13-7-10(11)6-9(3)12/h4-5,7-9H,6,12H2,1-3H3/t9-/m1/s1. The number of aromatic nitrogens is 1. The lowest BCUT2D eigenvalue weighted by Gasteiger charge is -2.14. The number of nitrogens with zero attached hydrogens (tertiary/aromatic N) is 1. The predicted octanol–water partition coefficient (Wildman–Crippen LogP) is 1.76. The molecule has 1 rings (SSSR count). The topological polar surface area (TPSA) is 48.1 Å². The van der Waals surface area contributed by atoms with Crippen molar-refractivity contribution in [2.24, 2.45) is 5.73 Å². The fraction of sp³-hybridized carbons (Fsp3) is 0.545. The fourth-order valence-electron chi connectivity index (χ4n) is 1.28. The molecule has 0 fully saturated rings. The van der Waals surface area contributed by atoms with Gasteiger partial charge in [0.05, 0.1) is 6.10 Å². The Balaban J connectivity index is 2.80. The highest BCUT2D eigenvalue weighted by atomic mass is 16.5. The summed E-state index contributed by atoms with van der Waals surface area (Å²) in [7, 11) is 0. The first-order valence-electron chi connectivity index (χ1n) is 4.94. The first-order valence-corrected chi connectivity index (χ1v) is 4.94. The van der Waals surface area contributed by atoms with Gasteiger partial charge in [-0.2, -0.15) is 0 Å². The van der Waals surface area contributed by atoms with E-state index in [-0.39, 0.29) is 12.1 Å². The molecule has 0 radical (unpaired) electrons. The number of hydrogen-bond acceptors (Lipinski definition) is 3. The molecule has 3 nitrogen and oxygen atoms in total. The third kappa shape index (κ3) is 3.34. The molecule has 0 bridgehead atoms. The smallest absolute Gasteiger partial charge is 0.126 e. The zero-order valence-electron chi connectivity index (χ0n) is 9.03. The molecule has 0 aliphatic carbocycles. The Kier molecular flexibility index (Phi) is 3.89. The van der Waals surface area contributed by atoms with Crippen LogP contribution in [-0.2, 0) is 6.42 Å². The van der Waals surface area contributed by atoms with Crippen LogP contribution in [0.15, 0.2) is 18.5 Å². The van der Waals surface area contributed by atoms with Gasteiger partial charge in [0.2, 0.25) is 0 Å². The molecule has 1 heterocycles. The molecule has 1 atom stereocenters. The molecule has 0 spiro atoms. The molecule has 2 N–H and O–H groups in total. The second-order valence-electron chi connectivity index (χ2n) is 3.83. The summed E-state index contributed by atoms with van der Waals surface area (Å²) in [5.41, 5.74) is 6.82. The number of pyridine rings is 1. The average molecular weight is 194 g/mol. The van der Waals surface area contributed by atoms with Crippen molar-refractivity contribution >= 4 is 0 Å². The van der Waals surface area contributed by atoms with Crippen LogP contribution in [0.1, 0.15) is 26.3 Å². The third-order valence-corrected chi connectivity index (χ3v) is 1.76. The van der Waals surface area contributed by atoms with Gasteiger partial charge in [-0.3, -0.25) is 4.98 Å². The molecule has 0 saturated heterocycles. The van der Waals surface area contributed by atoms with Crippen molar-refractivity contribution in [1.82, 2.24) is 4.98 Å². The first-order chi connectivity index (χ1) is 6.59. The van der Waals surface area contributed by atoms with Crippen LogP contribution in [0, 0.1) is 0 Å². The Hall–Kier alpha value is -1.09. The normalized spacial score (nSPS) is 12.9. The Morgan fingerprint density at radius 2 is 2.14 bits per heavy atom. The van der Waals surface area contributed by atoms with Crippen molar-refractivity contribution in [3.63, 3.8) is 0 Å². The average Bonchev–Trinajstić information content (AvgIpc) is 2.06. The fourth-order valence-corrected chi connectivity index (χ4v) is 1.28. The van der Waals surface area contributed by atoms with Gasteiger partial charge >= 0.3 is 0 Å². The molecule has 78 valence electrons. The van der Waals surface area contributed by atoms with Crippen LogP contribution in [0.2, 0.25) is 0 Å². The van der Waals surface area contributed by atoms with Gasteiger partial charge in [-0.1, -0.05) is 0 Å². The van der Waals surface area contributed by atoms with Crippen LogP contribution >= 0.6 is 0 Å². The van der Waals surface area contributed by atoms with Crippen LogP contribution in [0.4, 0.5) is 0 Å². The maximum atomic E-state index is 5.74. The predicted molar refractivity (Wildman–Crippen MR) is 57.4 cm³/mol. The number of nitrogens with two attached hydrogens (primary N) is 1. The molecule has 0 aliphatic heterocycles. The van der Waals surface area contributed by atoms with E-state index in [1.165, 1.54) is 0 Å². The van der Waals surface area contributed by atoms with E-state index in [1.807, 2.05) is 33.0 Å². The quantitative estimate of drug-likeness (QED) is 0.794. The van der Waals surface area contributed by atoms with E-state index < -0.39 is 0 Å². The summed E-state index contributed by atoms with van der Waals surface area (Å²) in [6.07, 6.45) is 4.54. The largest absolute Gasteiger partial charge is 0.491 e. The van der Waals surface area contributed by atoms with E-state index in [1.54, 1.807) is 6.20 Å². The molecule has 0 amide bonds. The Morgan fingerprint density at radius 3 is 2.71 bits per heavy atom. The van der Waals surface area contributed by atoms with Crippen molar-refractivity contribution in [1.29, 1.82) is 0 Å². The second kappa shape index (κ2) is 4.96. The van der Waals surface area contributed by atoms with Crippen molar-refractivity contribution in [2.75, 3.05) is 0 Å². The van der Waals surface area contributed by atoms with Crippen LogP contribution < -0.4 is 10.5 Å². The Morgan fingerprint density at radius 1 is 1.43 bits per heavy atom. The molecular formula is C11H18N2O. The summed E-state index contributed by atoms with van der Waals surface area (Å²) in [4.78, 5) is 4.07. The summed E-state index contributed by atoms with van der Waals surface area (Å²) >= 11 is 0. The highest BCUT2D eigenvalue weighted by Gasteiger charge is 2.07. The van der Waals surface area contributed by atoms with E-state index in [4.69, 9.17) is 10.5 Å². The van der Waals surface area contributed by atoms with Gasteiger partial charge in [0.15, 0.2) is 0 Å². The van der Waals surface area contributed by atoms with Crippen LogP contribution in [-0.4, -0.2) is 17.1 Å². The Bertz CT molecular complexity index is 255. The highest BCUT2D eigenvalue weighted by molar-refractivity contribution is 5.30.